The predicted octanol–water partition coefficient (Wildman–Crippen LogP) is 2.99. The second-order valence-electron chi connectivity index (χ2n) is 6.42. The summed E-state index contributed by atoms with van der Waals surface area (Å²) in [4.78, 5) is 13.4. The van der Waals surface area contributed by atoms with Gasteiger partial charge in [-0.25, -0.2) is 4.79 Å². The molecule has 1 aliphatic rings. The van der Waals surface area contributed by atoms with E-state index in [0.29, 0.717) is 13.1 Å². The molecule has 1 amide bonds. The Kier molecular flexibility index (Phi) is 4.70. The highest BCUT2D eigenvalue weighted by Crippen LogP contribution is 2.33. The number of nitrogens with zero attached hydrogens (tertiary/aromatic N) is 1. The first-order valence-electron chi connectivity index (χ1n) is 7.35. The molecule has 2 rings (SSSR count). The van der Waals surface area contributed by atoms with Crippen LogP contribution >= 0.6 is 0 Å². The Balaban J connectivity index is 2.09. The van der Waals surface area contributed by atoms with Crippen molar-refractivity contribution in [1.29, 1.82) is 0 Å². The molecule has 0 radical (unpaired) electrons. The average Bonchev–Trinajstić information content (AvgIpc) is 2.46. The molecule has 122 valence electrons. The van der Waals surface area contributed by atoms with Crippen molar-refractivity contribution in [3.8, 4) is 0 Å². The highest BCUT2D eigenvalue weighted by molar-refractivity contribution is 5.68. The number of benzene rings is 1. The Bertz CT molecular complexity index is 515. The highest BCUT2D eigenvalue weighted by atomic mass is 19.3. The van der Waals surface area contributed by atoms with E-state index >= 15 is 0 Å². The number of carbonyl (C=O) groups is 1. The number of amides is 1. The largest absolute Gasteiger partial charge is 0.444 e. The summed E-state index contributed by atoms with van der Waals surface area (Å²) in [5.41, 5.74) is -0.696. The van der Waals surface area contributed by atoms with E-state index in [1.54, 1.807) is 39.0 Å². The van der Waals surface area contributed by atoms with Gasteiger partial charge in [-0.2, -0.15) is 8.78 Å². The summed E-state index contributed by atoms with van der Waals surface area (Å²) in [6.07, 6.45) is -0.553. The summed E-state index contributed by atoms with van der Waals surface area (Å²) >= 11 is 0. The summed E-state index contributed by atoms with van der Waals surface area (Å²) < 4.78 is 34.4. The fourth-order valence-corrected chi connectivity index (χ4v) is 2.35. The second kappa shape index (κ2) is 6.20. The molecule has 6 heteroatoms. The van der Waals surface area contributed by atoms with E-state index in [9.17, 15) is 13.6 Å². The molecule has 0 bridgehead atoms. The van der Waals surface area contributed by atoms with Crippen molar-refractivity contribution < 1.29 is 18.3 Å². The van der Waals surface area contributed by atoms with Gasteiger partial charge in [-0.15, -0.1) is 0 Å². The Morgan fingerprint density at radius 3 is 2.50 bits per heavy atom. The fourth-order valence-electron chi connectivity index (χ4n) is 2.35. The molecule has 1 fully saturated rings. The summed E-state index contributed by atoms with van der Waals surface area (Å²) in [6, 6.07) is 6.52. The third-order valence-electron chi connectivity index (χ3n) is 3.42. The minimum Gasteiger partial charge on any atom is -0.444 e. The first kappa shape index (κ1) is 16.7. The summed E-state index contributed by atoms with van der Waals surface area (Å²) in [7, 11) is 0. The van der Waals surface area contributed by atoms with Crippen LogP contribution in [0.5, 0.6) is 0 Å². The summed E-state index contributed by atoms with van der Waals surface area (Å²) in [5.74, 6) is -3.05. The van der Waals surface area contributed by atoms with Crippen LogP contribution in [-0.2, 0) is 10.7 Å². The molecule has 0 spiro atoms. The Morgan fingerprint density at radius 1 is 1.27 bits per heavy atom. The lowest BCUT2D eigenvalue weighted by Crippen LogP contribution is -2.58. The number of alkyl halides is 2. The van der Waals surface area contributed by atoms with Crippen LogP contribution in [0.3, 0.4) is 0 Å². The van der Waals surface area contributed by atoms with Gasteiger partial charge in [-0.05, 0) is 20.8 Å². The van der Waals surface area contributed by atoms with Crippen LogP contribution in [0.4, 0.5) is 13.6 Å². The van der Waals surface area contributed by atoms with Crippen LogP contribution in [0.2, 0.25) is 0 Å². The average molecular weight is 312 g/mol. The molecule has 4 nitrogen and oxygen atoms in total. The van der Waals surface area contributed by atoms with Gasteiger partial charge in [-0.3, -0.25) is 0 Å². The smallest absolute Gasteiger partial charge is 0.410 e. The fraction of sp³-hybridized carbons (Fsp3) is 0.562. The number of hydrogen-bond acceptors (Lipinski definition) is 3. The third kappa shape index (κ3) is 3.94. The van der Waals surface area contributed by atoms with E-state index in [4.69, 9.17) is 4.74 Å². The Labute approximate surface area is 129 Å². The van der Waals surface area contributed by atoms with Crippen molar-refractivity contribution in [1.82, 2.24) is 10.2 Å². The van der Waals surface area contributed by atoms with Gasteiger partial charge in [0.25, 0.3) is 5.92 Å². The number of ether oxygens (including phenoxy) is 1. The molecule has 1 unspecified atom stereocenters. The molecule has 1 atom stereocenters. The van der Waals surface area contributed by atoms with Crippen LogP contribution in [0.15, 0.2) is 30.3 Å². The highest BCUT2D eigenvalue weighted by Gasteiger charge is 2.44. The van der Waals surface area contributed by atoms with E-state index in [1.807, 2.05) is 0 Å². The molecule has 22 heavy (non-hydrogen) atoms. The van der Waals surface area contributed by atoms with E-state index in [-0.39, 0.29) is 12.1 Å². The zero-order chi connectivity index (χ0) is 16.4. The maximum Gasteiger partial charge on any atom is 0.410 e. The van der Waals surface area contributed by atoms with E-state index in [0.717, 1.165) is 0 Å². The van der Waals surface area contributed by atoms with Crippen LogP contribution in [0.1, 0.15) is 26.3 Å². The standard InChI is InChI=1S/C16H22F2N2O2/c1-15(2,3)22-14(21)20-10-9-19-13(11-20)16(17,18)12-7-5-4-6-8-12/h4-8,13,19H,9-11H2,1-3H3. The number of rotatable bonds is 2. The van der Waals surface area contributed by atoms with Crippen molar-refractivity contribution in [3.63, 3.8) is 0 Å². The van der Waals surface area contributed by atoms with Gasteiger partial charge in [0.15, 0.2) is 0 Å². The molecule has 1 heterocycles. The van der Waals surface area contributed by atoms with Gasteiger partial charge in [0.05, 0.1) is 6.04 Å². The van der Waals surface area contributed by atoms with Crippen molar-refractivity contribution in [2.75, 3.05) is 19.6 Å². The summed E-state index contributed by atoms with van der Waals surface area (Å²) in [5, 5.41) is 2.81. The quantitative estimate of drug-likeness (QED) is 0.913. The molecule has 0 aliphatic carbocycles. The third-order valence-corrected chi connectivity index (χ3v) is 3.42. The first-order valence-corrected chi connectivity index (χ1v) is 7.35. The Morgan fingerprint density at radius 2 is 1.91 bits per heavy atom. The lowest BCUT2D eigenvalue weighted by atomic mass is 9.99. The van der Waals surface area contributed by atoms with Gasteiger partial charge in [0.1, 0.15) is 5.60 Å². The molecular weight excluding hydrogens is 290 g/mol. The number of carbonyl (C=O) groups excluding carboxylic acids is 1. The monoisotopic (exact) mass is 312 g/mol. The molecule has 1 aromatic rings. The zero-order valence-corrected chi connectivity index (χ0v) is 13.1. The molecule has 0 saturated carbocycles. The van der Waals surface area contributed by atoms with E-state index < -0.39 is 23.7 Å². The number of piperazine rings is 1. The summed E-state index contributed by atoms with van der Waals surface area (Å²) in [6.45, 7) is 5.84. The van der Waals surface area contributed by atoms with Gasteiger partial charge in [0, 0.05) is 25.2 Å². The van der Waals surface area contributed by atoms with Crippen molar-refractivity contribution >= 4 is 6.09 Å². The molecule has 1 saturated heterocycles. The molecule has 1 aromatic carbocycles. The van der Waals surface area contributed by atoms with Crippen LogP contribution < -0.4 is 5.32 Å². The van der Waals surface area contributed by atoms with Gasteiger partial charge in [-0.1, -0.05) is 30.3 Å². The normalized spacial score (nSPS) is 19.9. The molecule has 1 aliphatic heterocycles. The predicted molar refractivity (Wildman–Crippen MR) is 79.9 cm³/mol. The molecule has 1 N–H and O–H groups in total. The zero-order valence-electron chi connectivity index (χ0n) is 13.1. The van der Waals surface area contributed by atoms with Gasteiger partial charge >= 0.3 is 6.09 Å². The topological polar surface area (TPSA) is 41.6 Å². The maximum atomic E-state index is 14.6. The van der Waals surface area contributed by atoms with E-state index in [1.165, 1.54) is 17.0 Å². The maximum absolute atomic E-state index is 14.6. The van der Waals surface area contributed by atoms with Crippen LogP contribution in [0, 0.1) is 0 Å². The number of nitrogens with one attached hydrogen (secondary N) is 1. The first-order chi connectivity index (χ1) is 10.2. The molecule has 0 aromatic heterocycles. The van der Waals surface area contributed by atoms with Crippen LogP contribution in [-0.4, -0.2) is 42.3 Å². The lowest BCUT2D eigenvalue weighted by Gasteiger charge is -2.38. The minimum atomic E-state index is -3.05. The molecular formula is C16H22F2N2O2. The van der Waals surface area contributed by atoms with Gasteiger partial charge in [0.2, 0.25) is 0 Å². The SMILES string of the molecule is CC(C)(C)OC(=O)N1CCNC(C(F)(F)c2ccccc2)C1. The van der Waals surface area contributed by atoms with E-state index in [2.05, 4.69) is 5.32 Å². The van der Waals surface area contributed by atoms with Crippen LogP contribution in [0.25, 0.3) is 0 Å². The Hall–Kier alpha value is -1.69. The second-order valence-corrected chi connectivity index (χ2v) is 6.42. The number of halogens is 2. The van der Waals surface area contributed by atoms with Crippen molar-refractivity contribution in [3.05, 3.63) is 35.9 Å². The van der Waals surface area contributed by atoms with Crippen molar-refractivity contribution in [2.24, 2.45) is 0 Å². The lowest BCUT2D eigenvalue weighted by molar-refractivity contribution is -0.0638. The number of hydrogen-bond donors (Lipinski definition) is 1. The van der Waals surface area contributed by atoms with Crippen molar-refractivity contribution in [2.45, 2.75) is 38.3 Å². The van der Waals surface area contributed by atoms with Gasteiger partial charge < -0.3 is 15.0 Å². The minimum absolute atomic E-state index is 0.0569.